The highest BCUT2D eigenvalue weighted by Gasteiger charge is 2.18. The summed E-state index contributed by atoms with van der Waals surface area (Å²) in [6, 6.07) is 8.87. The molecular weight excluding hydrogens is 332 g/mol. The summed E-state index contributed by atoms with van der Waals surface area (Å²) in [5.74, 6) is -1.25. The zero-order chi connectivity index (χ0) is 18.0. The molecule has 0 heterocycles. The van der Waals surface area contributed by atoms with Crippen LogP contribution in [0.25, 0.3) is 6.08 Å². The van der Waals surface area contributed by atoms with Crippen molar-refractivity contribution in [2.45, 2.75) is 26.4 Å². The van der Waals surface area contributed by atoms with Crippen LogP contribution in [0.1, 0.15) is 25.8 Å². The number of nitrogens with one attached hydrogen (secondary N) is 2. The average molecular weight is 354 g/mol. The molecule has 0 aliphatic carbocycles. The fraction of sp³-hybridized carbons (Fsp3) is 0.375. The molecule has 0 fully saturated rings. The molecule has 0 aliphatic rings. The SMILES string of the molecule is CCCNC(=O)C(C)OC(=O)CNS(=O)(=O)/C=C/c1ccccc1. The summed E-state index contributed by atoms with van der Waals surface area (Å²) in [4.78, 5) is 23.2. The van der Waals surface area contributed by atoms with Crippen molar-refractivity contribution in [2.24, 2.45) is 0 Å². The zero-order valence-corrected chi connectivity index (χ0v) is 14.5. The van der Waals surface area contributed by atoms with Gasteiger partial charge in [-0.2, -0.15) is 0 Å². The van der Waals surface area contributed by atoms with E-state index in [-0.39, 0.29) is 0 Å². The summed E-state index contributed by atoms with van der Waals surface area (Å²) >= 11 is 0. The molecule has 1 aromatic rings. The Balaban J connectivity index is 2.45. The number of sulfonamides is 1. The smallest absolute Gasteiger partial charge is 0.321 e. The monoisotopic (exact) mass is 354 g/mol. The van der Waals surface area contributed by atoms with Gasteiger partial charge in [0.1, 0.15) is 6.54 Å². The second kappa shape index (κ2) is 9.84. The van der Waals surface area contributed by atoms with E-state index >= 15 is 0 Å². The minimum atomic E-state index is -3.78. The lowest BCUT2D eigenvalue weighted by atomic mass is 10.2. The summed E-state index contributed by atoms with van der Waals surface area (Å²) in [5, 5.41) is 3.55. The summed E-state index contributed by atoms with van der Waals surface area (Å²) in [6.45, 7) is 3.26. The van der Waals surface area contributed by atoms with Gasteiger partial charge in [-0.15, -0.1) is 0 Å². The lowest BCUT2D eigenvalue weighted by molar-refractivity contribution is -0.153. The fourth-order valence-electron chi connectivity index (χ4n) is 1.62. The van der Waals surface area contributed by atoms with Crippen molar-refractivity contribution in [2.75, 3.05) is 13.1 Å². The third kappa shape index (κ3) is 7.89. The third-order valence-electron chi connectivity index (χ3n) is 2.88. The Bertz CT molecular complexity index is 671. The first kappa shape index (κ1) is 19.9. The first-order valence-electron chi connectivity index (χ1n) is 7.54. The van der Waals surface area contributed by atoms with Gasteiger partial charge in [0, 0.05) is 12.0 Å². The van der Waals surface area contributed by atoms with Gasteiger partial charge in [0.15, 0.2) is 6.10 Å². The number of rotatable bonds is 9. The van der Waals surface area contributed by atoms with Crippen LogP contribution in [-0.2, 0) is 24.3 Å². The van der Waals surface area contributed by atoms with Gasteiger partial charge in [-0.25, -0.2) is 13.1 Å². The number of esters is 1. The molecule has 1 unspecified atom stereocenters. The molecule has 1 amide bonds. The number of hydrogen-bond donors (Lipinski definition) is 2. The molecule has 2 N–H and O–H groups in total. The van der Waals surface area contributed by atoms with Crippen molar-refractivity contribution in [1.82, 2.24) is 10.0 Å². The van der Waals surface area contributed by atoms with Gasteiger partial charge in [-0.05, 0) is 25.0 Å². The first-order valence-corrected chi connectivity index (χ1v) is 9.08. The summed E-state index contributed by atoms with van der Waals surface area (Å²) in [7, 11) is -3.78. The predicted octanol–water partition coefficient (Wildman–Crippen LogP) is 1.03. The van der Waals surface area contributed by atoms with Crippen molar-refractivity contribution in [3.8, 4) is 0 Å². The number of amides is 1. The van der Waals surface area contributed by atoms with Crippen molar-refractivity contribution in [3.63, 3.8) is 0 Å². The molecule has 0 aromatic heterocycles. The summed E-state index contributed by atoms with van der Waals surface area (Å²) < 4.78 is 30.5. The molecule has 0 aliphatic heterocycles. The molecule has 0 spiro atoms. The number of benzene rings is 1. The predicted molar refractivity (Wildman–Crippen MR) is 91.3 cm³/mol. The minimum Gasteiger partial charge on any atom is -0.452 e. The summed E-state index contributed by atoms with van der Waals surface area (Å²) in [6.07, 6.45) is 1.20. The maximum atomic E-state index is 11.8. The van der Waals surface area contributed by atoms with Crippen LogP contribution in [0, 0.1) is 0 Å². The first-order chi connectivity index (χ1) is 11.3. The minimum absolute atomic E-state index is 0.419. The van der Waals surface area contributed by atoms with Crippen LogP contribution in [0.2, 0.25) is 0 Å². The molecule has 0 saturated carbocycles. The molecule has 8 heteroatoms. The Morgan fingerprint density at radius 3 is 2.54 bits per heavy atom. The lowest BCUT2D eigenvalue weighted by Crippen LogP contribution is -2.38. The van der Waals surface area contributed by atoms with E-state index in [9.17, 15) is 18.0 Å². The molecule has 1 aromatic carbocycles. The zero-order valence-electron chi connectivity index (χ0n) is 13.7. The third-order valence-corrected chi connectivity index (χ3v) is 3.92. The maximum Gasteiger partial charge on any atom is 0.321 e. The quantitative estimate of drug-likeness (QED) is 0.645. The Hall–Kier alpha value is -2.19. The van der Waals surface area contributed by atoms with Crippen LogP contribution >= 0.6 is 0 Å². The van der Waals surface area contributed by atoms with E-state index in [2.05, 4.69) is 10.0 Å². The van der Waals surface area contributed by atoms with Gasteiger partial charge in [0.2, 0.25) is 10.0 Å². The maximum absolute atomic E-state index is 11.8. The number of ether oxygens (including phenoxy) is 1. The second-order valence-corrected chi connectivity index (χ2v) is 6.65. The van der Waals surface area contributed by atoms with Crippen LogP contribution < -0.4 is 10.0 Å². The molecule has 7 nitrogen and oxygen atoms in total. The van der Waals surface area contributed by atoms with Crippen molar-refractivity contribution < 1.29 is 22.7 Å². The largest absolute Gasteiger partial charge is 0.452 e. The number of carbonyl (C=O) groups excluding carboxylic acids is 2. The van der Waals surface area contributed by atoms with Crippen LogP contribution in [0.5, 0.6) is 0 Å². The van der Waals surface area contributed by atoms with Gasteiger partial charge < -0.3 is 10.1 Å². The average Bonchev–Trinajstić information content (AvgIpc) is 2.57. The standard InChI is InChI=1S/C16H22N2O5S/c1-3-10-17-16(20)13(2)23-15(19)12-18-24(21,22)11-9-14-7-5-4-6-8-14/h4-9,11,13,18H,3,10,12H2,1-2H3,(H,17,20)/b11-9+. The fourth-order valence-corrected chi connectivity index (χ4v) is 2.38. The normalized spacial score (nSPS) is 12.8. The molecular formula is C16H22N2O5S. The number of carbonyl (C=O) groups is 2. The molecule has 1 rings (SSSR count). The van der Waals surface area contributed by atoms with Crippen LogP contribution in [0.15, 0.2) is 35.7 Å². The molecule has 0 bridgehead atoms. The van der Waals surface area contributed by atoms with E-state index in [1.165, 1.54) is 13.0 Å². The van der Waals surface area contributed by atoms with Gasteiger partial charge in [0.05, 0.1) is 0 Å². The second-order valence-electron chi connectivity index (χ2n) is 5.00. The van der Waals surface area contributed by atoms with Crippen LogP contribution in [0.3, 0.4) is 0 Å². The molecule has 132 valence electrons. The van der Waals surface area contributed by atoms with Gasteiger partial charge >= 0.3 is 5.97 Å². The molecule has 0 saturated heterocycles. The van der Waals surface area contributed by atoms with Crippen molar-refractivity contribution in [1.29, 1.82) is 0 Å². The van der Waals surface area contributed by atoms with Crippen molar-refractivity contribution >= 4 is 28.0 Å². The van der Waals surface area contributed by atoms with Gasteiger partial charge in [-0.1, -0.05) is 37.3 Å². The Morgan fingerprint density at radius 2 is 1.92 bits per heavy atom. The van der Waals surface area contributed by atoms with Crippen LogP contribution in [-0.4, -0.2) is 39.5 Å². The Morgan fingerprint density at radius 1 is 1.25 bits per heavy atom. The van der Waals surface area contributed by atoms with Gasteiger partial charge in [-0.3, -0.25) is 9.59 Å². The highest BCUT2D eigenvalue weighted by molar-refractivity contribution is 7.92. The van der Waals surface area contributed by atoms with Gasteiger partial charge in [0.25, 0.3) is 5.91 Å². The van der Waals surface area contributed by atoms with E-state index in [0.29, 0.717) is 12.1 Å². The molecule has 0 radical (unpaired) electrons. The van der Waals surface area contributed by atoms with Crippen LogP contribution in [0.4, 0.5) is 0 Å². The van der Waals surface area contributed by atoms with E-state index in [4.69, 9.17) is 4.74 Å². The molecule has 24 heavy (non-hydrogen) atoms. The Kier molecular flexibility index (Phi) is 8.14. The van der Waals surface area contributed by atoms with Crippen molar-refractivity contribution in [3.05, 3.63) is 41.3 Å². The topological polar surface area (TPSA) is 102 Å². The van der Waals surface area contributed by atoms with E-state index in [1.54, 1.807) is 24.3 Å². The van der Waals surface area contributed by atoms with E-state index < -0.39 is 34.5 Å². The number of hydrogen-bond acceptors (Lipinski definition) is 5. The molecule has 1 atom stereocenters. The van der Waals surface area contributed by atoms with E-state index in [0.717, 1.165) is 11.8 Å². The lowest BCUT2D eigenvalue weighted by Gasteiger charge is -2.13. The highest BCUT2D eigenvalue weighted by Crippen LogP contribution is 2.02. The summed E-state index contributed by atoms with van der Waals surface area (Å²) in [5.41, 5.74) is 0.715. The van der Waals surface area contributed by atoms with E-state index in [1.807, 2.05) is 13.0 Å². The Labute approximate surface area is 142 Å². The highest BCUT2D eigenvalue weighted by atomic mass is 32.2.